The number of rotatable bonds is 3. The van der Waals surface area contributed by atoms with Crippen molar-refractivity contribution in [3.8, 4) is 0 Å². The van der Waals surface area contributed by atoms with E-state index in [-0.39, 0.29) is 0 Å². The maximum atomic E-state index is 10.8. The van der Waals surface area contributed by atoms with E-state index in [4.69, 9.17) is 5.11 Å². The minimum absolute atomic E-state index is 0.356. The Kier molecular flexibility index (Phi) is 3.36. The number of hydrogen-bond acceptors (Lipinski definition) is 2. The molecule has 0 spiro atoms. The first-order valence-electron chi connectivity index (χ1n) is 6.19. The summed E-state index contributed by atoms with van der Waals surface area (Å²) in [5.74, 6) is -0.227. The molecule has 0 amide bonds. The Balaban J connectivity index is 2.19. The Morgan fingerprint density at radius 3 is 2.53 bits per heavy atom. The molecule has 92 valence electrons. The highest BCUT2D eigenvalue weighted by molar-refractivity contribution is 5.88. The van der Waals surface area contributed by atoms with Gasteiger partial charge in [0.2, 0.25) is 0 Å². The summed E-state index contributed by atoms with van der Waals surface area (Å²) in [6.07, 6.45) is 2.46. The highest BCUT2D eigenvalue weighted by Crippen LogP contribution is 2.29. The number of aromatic carboxylic acids is 1. The number of hydrogen-bond donors (Lipinski definition) is 1. The van der Waals surface area contributed by atoms with Crippen molar-refractivity contribution in [2.75, 3.05) is 11.4 Å². The summed E-state index contributed by atoms with van der Waals surface area (Å²) in [7, 11) is 0. The van der Waals surface area contributed by atoms with Crippen LogP contribution in [0.1, 0.15) is 37.0 Å². The SMILES string of the molecule is CC(C)C1CCCN1c1ccc(C(=O)O)cc1. The Morgan fingerprint density at radius 2 is 2.00 bits per heavy atom. The van der Waals surface area contributed by atoms with Crippen LogP contribution in [0.4, 0.5) is 5.69 Å². The summed E-state index contributed by atoms with van der Waals surface area (Å²) in [4.78, 5) is 13.2. The first-order chi connectivity index (χ1) is 8.09. The number of carboxylic acids is 1. The van der Waals surface area contributed by atoms with Gasteiger partial charge in [0.1, 0.15) is 0 Å². The molecule has 17 heavy (non-hydrogen) atoms. The van der Waals surface area contributed by atoms with Crippen LogP contribution in [0, 0.1) is 5.92 Å². The first-order valence-corrected chi connectivity index (χ1v) is 6.19. The van der Waals surface area contributed by atoms with Gasteiger partial charge in [-0.15, -0.1) is 0 Å². The van der Waals surface area contributed by atoms with E-state index in [1.165, 1.54) is 12.8 Å². The average molecular weight is 233 g/mol. The van der Waals surface area contributed by atoms with Crippen LogP contribution in [-0.4, -0.2) is 23.7 Å². The molecule has 3 heteroatoms. The zero-order chi connectivity index (χ0) is 12.4. The molecule has 1 aromatic rings. The molecule has 3 nitrogen and oxygen atoms in total. The molecule has 1 fully saturated rings. The Hall–Kier alpha value is -1.51. The highest BCUT2D eigenvalue weighted by atomic mass is 16.4. The number of carbonyl (C=O) groups is 1. The summed E-state index contributed by atoms with van der Waals surface area (Å²) in [6.45, 7) is 5.57. The average Bonchev–Trinajstić information content (AvgIpc) is 2.78. The molecule has 1 unspecified atom stereocenters. The van der Waals surface area contributed by atoms with Gasteiger partial charge in [-0.3, -0.25) is 0 Å². The molecule has 1 atom stereocenters. The largest absolute Gasteiger partial charge is 0.478 e. The summed E-state index contributed by atoms with van der Waals surface area (Å²) >= 11 is 0. The highest BCUT2D eigenvalue weighted by Gasteiger charge is 2.27. The first kappa shape index (κ1) is 12.0. The lowest BCUT2D eigenvalue weighted by atomic mass is 10.0. The van der Waals surface area contributed by atoms with Crippen LogP contribution in [0.5, 0.6) is 0 Å². The van der Waals surface area contributed by atoms with E-state index >= 15 is 0 Å². The van der Waals surface area contributed by atoms with Crippen molar-refractivity contribution in [3.63, 3.8) is 0 Å². The molecule has 1 aromatic carbocycles. The van der Waals surface area contributed by atoms with Crippen LogP contribution >= 0.6 is 0 Å². The van der Waals surface area contributed by atoms with E-state index in [0.717, 1.165) is 12.2 Å². The minimum atomic E-state index is -0.863. The molecule has 1 N–H and O–H groups in total. The third-order valence-corrected chi connectivity index (χ3v) is 3.51. The Labute approximate surface area is 102 Å². The van der Waals surface area contributed by atoms with Gasteiger partial charge in [0.25, 0.3) is 0 Å². The fraction of sp³-hybridized carbons (Fsp3) is 0.500. The van der Waals surface area contributed by atoms with Crippen molar-refractivity contribution in [2.24, 2.45) is 5.92 Å². The van der Waals surface area contributed by atoms with Gasteiger partial charge in [0.05, 0.1) is 5.56 Å². The van der Waals surface area contributed by atoms with Crippen LogP contribution in [0.2, 0.25) is 0 Å². The molecule has 1 saturated heterocycles. The van der Waals surface area contributed by atoms with Gasteiger partial charge < -0.3 is 10.0 Å². The van der Waals surface area contributed by atoms with Gasteiger partial charge in [-0.1, -0.05) is 13.8 Å². The molecule has 0 aliphatic carbocycles. The summed E-state index contributed by atoms with van der Waals surface area (Å²) in [5, 5.41) is 8.87. The second kappa shape index (κ2) is 4.78. The van der Waals surface area contributed by atoms with Crippen LogP contribution in [0.25, 0.3) is 0 Å². The molecule has 1 aliphatic rings. The van der Waals surface area contributed by atoms with Gasteiger partial charge in [-0.25, -0.2) is 4.79 Å². The fourth-order valence-electron chi connectivity index (χ4n) is 2.60. The molecule has 0 saturated carbocycles. The maximum Gasteiger partial charge on any atom is 0.335 e. The van der Waals surface area contributed by atoms with Gasteiger partial charge in [-0.2, -0.15) is 0 Å². The van der Waals surface area contributed by atoms with Gasteiger partial charge in [-0.05, 0) is 43.0 Å². The molecule has 0 aromatic heterocycles. The quantitative estimate of drug-likeness (QED) is 0.872. The standard InChI is InChI=1S/C14H19NO2/c1-10(2)13-4-3-9-15(13)12-7-5-11(6-8-12)14(16)17/h5-8,10,13H,3-4,9H2,1-2H3,(H,16,17). The molecule has 0 bridgehead atoms. The molecule has 1 aliphatic heterocycles. The van der Waals surface area contributed by atoms with Crippen LogP contribution < -0.4 is 4.90 Å². The van der Waals surface area contributed by atoms with Gasteiger partial charge in [0.15, 0.2) is 0 Å². The maximum absolute atomic E-state index is 10.8. The van der Waals surface area contributed by atoms with E-state index in [1.807, 2.05) is 12.1 Å². The van der Waals surface area contributed by atoms with Crippen molar-refractivity contribution in [3.05, 3.63) is 29.8 Å². The lowest BCUT2D eigenvalue weighted by Gasteiger charge is -2.29. The van der Waals surface area contributed by atoms with Crippen LogP contribution in [0.15, 0.2) is 24.3 Å². The second-order valence-corrected chi connectivity index (χ2v) is 5.00. The van der Waals surface area contributed by atoms with E-state index < -0.39 is 5.97 Å². The summed E-state index contributed by atoms with van der Waals surface area (Å²) in [5.41, 5.74) is 1.50. The molecule has 1 heterocycles. The van der Waals surface area contributed by atoms with Crippen molar-refractivity contribution < 1.29 is 9.90 Å². The lowest BCUT2D eigenvalue weighted by molar-refractivity contribution is 0.0697. The van der Waals surface area contributed by atoms with E-state index in [2.05, 4.69) is 18.7 Å². The molecular weight excluding hydrogens is 214 g/mol. The zero-order valence-electron chi connectivity index (χ0n) is 10.4. The monoisotopic (exact) mass is 233 g/mol. The normalized spacial score (nSPS) is 19.9. The topological polar surface area (TPSA) is 40.5 Å². The van der Waals surface area contributed by atoms with Crippen molar-refractivity contribution in [1.29, 1.82) is 0 Å². The van der Waals surface area contributed by atoms with Crippen molar-refractivity contribution in [2.45, 2.75) is 32.7 Å². The molecule has 0 radical (unpaired) electrons. The summed E-state index contributed by atoms with van der Waals surface area (Å²) < 4.78 is 0. The second-order valence-electron chi connectivity index (χ2n) is 5.00. The number of benzene rings is 1. The van der Waals surface area contributed by atoms with E-state index in [9.17, 15) is 4.79 Å². The smallest absolute Gasteiger partial charge is 0.335 e. The molecule has 2 rings (SSSR count). The Bertz CT molecular complexity index is 397. The van der Waals surface area contributed by atoms with E-state index in [1.54, 1.807) is 12.1 Å². The fourth-order valence-corrected chi connectivity index (χ4v) is 2.60. The van der Waals surface area contributed by atoms with Gasteiger partial charge in [0, 0.05) is 18.3 Å². The predicted molar refractivity (Wildman–Crippen MR) is 68.6 cm³/mol. The van der Waals surface area contributed by atoms with Crippen LogP contribution in [0.3, 0.4) is 0 Å². The predicted octanol–water partition coefficient (Wildman–Crippen LogP) is 3.01. The lowest BCUT2D eigenvalue weighted by Crippen LogP contribution is -2.33. The number of anilines is 1. The number of carboxylic acid groups (broad SMARTS) is 1. The minimum Gasteiger partial charge on any atom is -0.478 e. The molecular formula is C14H19NO2. The van der Waals surface area contributed by atoms with Crippen LogP contribution in [-0.2, 0) is 0 Å². The third-order valence-electron chi connectivity index (χ3n) is 3.51. The van der Waals surface area contributed by atoms with Gasteiger partial charge >= 0.3 is 5.97 Å². The van der Waals surface area contributed by atoms with Crippen molar-refractivity contribution >= 4 is 11.7 Å². The zero-order valence-corrected chi connectivity index (χ0v) is 10.4. The number of nitrogens with zero attached hydrogens (tertiary/aromatic N) is 1. The van der Waals surface area contributed by atoms with Crippen molar-refractivity contribution in [1.82, 2.24) is 0 Å². The Morgan fingerprint density at radius 1 is 1.35 bits per heavy atom. The third kappa shape index (κ3) is 2.43. The summed E-state index contributed by atoms with van der Waals surface area (Å²) in [6, 6.07) is 7.81. The van der Waals surface area contributed by atoms with E-state index in [0.29, 0.717) is 17.5 Å².